The molecule has 3 nitrogen and oxygen atoms in total. The fourth-order valence-corrected chi connectivity index (χ4v) is 1.72. The van der Waals surface area contributed by atoms with E-state index in [2.05, 4.69) is 13.8 Å². The molecule has 0 heterocycles. The molecule has 0 aromatic heterocycles. The van der Waals surface area contributed by atoms with Crippen LogP contribution in [-0.4, -0.2) is 5.97 Å². The van der Waals surface area contributed by atoms with Crippen LogP contribution >= 0.6 is 0 Å². The van der Waals surface area contributed by atoms with E-state index in [0.717, 1.165) is 31.2 Å². The molecule has 19 heavy (non-hydrogen) atoms. The maximum absolute atomic E-state index is 11.7. The average Bonchev–Trinajstić information content (AvgIpc) is 2.43. The van der Waals surface area contributed by atoms with Crippen LogP contribution in [0.4, 0.5) is 0 Å². The van der Waals surface area contributed by atoms with E-state index < -0.39 is 5.97 Å². The van der Waals surface area contributed by atoms with Crippen molar-refractivity contribution in [2.45, 2.75) is 46.5 Å². The lowest BCUT2D eigenvalue weighted by Gasteiger charge is -2.12. The molecule has 1 unspecified atom stereocenters. The molecule has 0 fully saturated rings. The molecule has 1 aromatic rings. The zero-order chi connectivity index (χ0) is 14.1. The normalized spacial score (nSPS) is 12.2. The highest BCUT2D eigenvalue weighted by atomic mass is 17.2. The molecular formula is C16H23O3. The number of unbranched alkanes of at least 4 members (excludes halogenated alkanes) is 1. The highest BCUT2D eigenvalue weighted by Gasteiger charge is 2.11. The minimum Gasteiger partial charge on any atom is -0.292 e. The molecule has 0 aliphatic carbocycles. The molecule has 1 radical (unpaired) electrons. The average molecular weight is 263 g/mol. The van der Waals surface area contributed by atoms with Crippen LogP contribution in [0.15, 0.2) is 24.3 Å². The fraction of sp³-hybridized carbons (Fsp3) is 0.500. The van der Waals surface area contributed by atoms with Crippen molar-refractivity contribution in [2.24, 2.45) is 5.92 Å². The van der Waals surface area contributed by atoms with Gasteiger partial charge >= 0.3 is 5.97 Å². The number of rotatable bonds is 8. The van der Waals surface area contributed by atoms with Gasteiger partial charge in [0.05, 0.1) is 5.56 Å². The first-order valence-corrected chi connectivity index (χ1v) is 6.95. The third-order valence-corrected chi connectivity index (χ3v) is 3.11. The maximum atomic E-state index is 11.7. The van der Waals surface area contributed by atoms with Crippen molar-refractivity contribution < 1.29 is 14.6 Å². The van der Waals surface area contributed by atoms with Crippen molar-refractivity contribution in [1.82, 2.24) is 0 Å². The van der Waals surface area contributed by atoms with Gasteiger partial charge in [-0.1, -0.05) is 50.8 Å². The number of hydrogen-bond donors (Lipinski definition) is 0. The van der Waals surface area contributed by atoms with Crippen molar-refractivity contribution in [3.05, 3.63) is 42.0 Å². The molecular weight excluding hydrogens is 240 g/mol. The molecule has 1 aromatic carbocycles. The Morgan fingerprint density at radius 2 is 1.95 bits per heavy atom. The Labute approximate surface area is 115 Å². The van der Waals surface area contributed by atoms with Crippen LogP contribution in [0.25, 0.3) is 0 Å². The van der Waals surface area contributed by atoms with Gasteiger partial charge in [-0.2, -0.15) is 4.89 Å². The van der Waals surface area contributed by atoms with Crippen LogP contribution < -0.4 is 0 Å². The van der Waals surface area contributed by atoms with Crippen LogP contribution in [0.1, 0.15) is 55.5 Å². The number of carbonyl (C=O) groups is 1. The minimum absolute atomic E-state index is 0.339. The fourth-order valence-electron chi connectivity index (χ4n) is 1.72. The lowest BCUT2D eigenvalue weighted by Crippen LogP contribution is -2.09. The summed E-state index contributed by atoms with van der Waals surface area (Å²) in [6.45, 7) is 7.85. The van der Waals surface area contributed by atoms with Gasteiger partial charge in [0.2, 0.25) is 0 Å². The number of aryl methyl sites for hydroxylation is 1. The molecule has 3 heteroatoms. The lowest BCUT2D eigenvalue weighted by atomic mass is 10.0. The quantitative estimate of drug-likeness (QED) is 0.513. The third-order valence-electron chi connectivity index (χ3n) is 3.11. The van der Waals surface area contributed by atoms with E-state index in [1.165, 1.54) is 0 Å². The molecule has 0 amide bonds. The summed E-state index contributed by atoms with van der Waals surface area (Å²) >= 11 is 0. The van der Waals surface area contributed by atoms with Crippen molar-refractivity contribution >= 4 is 5.97 Å². The zero-order valence-corrected chi connectivity index (χ0v) is 12.0. The van der Waals surface area contributed by atoms with Crippen molar-refractivity contribution in [1.29, 1.82) is 0 Å². The van der Waals surface area contributed by atoms with Gasteiger partial charge in [-0.05, 0) is 31.4 Å². The Morgan fingerprint density at radius 3 is 2.53 bits per heavy atom. The van der Waals surface area contributed by atoms with Gasteiger partial charge < -0.3 is 0 Å². The first kappa shape index (κ1) is 15.7. The van der Waals surface area contributed by atoms with Crippen molar-refractivity contribution in [2.75, 3.05) is 0 Å². The predicted molar refractivity (Wildman–Crippen MR) is 75.3 cm³/mol. The SMILES string of the molecule is CCCCC([CH]OOC(=O)c1ccc(C)cc1)CC. The van der Waals surface area contributed by atoms with Crippen LogP contribution in [0.2, 0.25) is 0 Å². The van der Waals surface area contributed by atoms with E-state index in [1.807, 2.05) is 19.1 Å². The molecule has 0 N–H and O–H groups in total. The number of carbonyl (C=O) groups excluding carboxylic acids is 1. The van der Waals surface area contributed by atoms with Gasteiger partial charge in [0.1, 0.15) is 6.61 Å². The highest BCUT2D eigenvalue weighted by molar-refractivity contribution is 5.88. The van der Waals surface area contributed by atoms with Gasteiger partial charge in [-0.3, -0.25) is 4.89 Å². The van der Waals surface area contributed by atoms with E-state index in [-0.39, 0.29) is 0 Å². The van der Waals surface area contributed by atoms with E-state index in [0.29, 0.717) is 11.5 Å². The Hall–Kier alpha value is -1.35. The maximum Gasteiger partial charge on any atom is 0.373 e. The van der Waals surface area contributed by atoms with E-state index in [4.69, 9.17) is 9.78 Å². The summed E-state index contributed by atoms with van der Waals surface area (Å²) in [6.07, 6.45) is 4.37. The van der Waals surface area contributed by atoms with Crippen LogP contribution in [0.5, 0.6) is 0 Å². The molecule has 0 aliphatic rings. The molecule has 0 saturated carbocycles. The summed E-state index contributed by atoms with van der Waals surface area (Å²) in [5.74, 6) is -0.118. The highest BCUT2D eigenvalue weighted by Crippen LogP contribution is 2.16. The molecule has 0 spiro atoms. The Bertz CT molecular complexity index is 370. The van der Waals surface area contributed by atoms with Crippen LogP contribution in [0, 0.1) is 19.4 Å². The largest absolute Gasteiger partial charge is 0.373 e. The van der Waals surface area contributed by atoms with Gasteiger partial charge in [-0.25, -0.2) is 4.79 Å². The monoisotopic (exact) mass is 263 g/mol. The second kappa shape index (κ2) is 8.70. The van der Waals surface area contributed by atoms with E-state index in [1.54, 1.807) is 18.7 Å². The second-order valence-electron chi connectivity index (χ2n) is 4.78. The summed E-state index contributed by atoms with van der Waals surface area (Å²) in [6, 6.07) is 7.21. The van der Waals surface area contributed by atoms with E-state index >= 15 is 0 Å². The van der Waals surface area contributed by atoms with Gasteiger partial charge in [0, 0.05) is 0 Å². The first-order valence-electron chi connectivity index (χ1n) is 6.95. The molecule has 0 saturated heterocycles. The first-order chi connectivity index (χ1) is 9.17. The zero-order valence-electron chi connectivity index (χ0n) is 12.0. The van der Waals surface area contributed by atoms with Crippen LogP contribution in [-0.2, 0) is 9.78 Å². The number of benzene rings is 1. The Morgan fingerprint density at radius 1 is 1.26 bits per heavy atom. The van der Waals surface area contributed by atoms with Gasteiger partial charge in [0.15, 0.2) is 0 Å². The molecule has 105 valence electrons. The summed E-state index contributed by atoms with van der Waals surface area (Å²) in [5.41, 5.74) is 1.61. The van der Waals surface area contributed by atoms with Crippen molar-refractivity contribution in [3.63, 3.8) is 0 Å². The predicted octanol–water partition coefficient (Wildman–Crippen LogP) is 4.46. The smallest absolute Gasteiger partial charge is 0.292 e. The number of hydrogen-bond acceptors (Lipinski definition) is 3. The molecule has 1 rings (SSSR count). The Balaban J connectivity index is 2.31. The topological polar surface area (TPSA) is 35.5 Å². The second-order valence-corrected chi connectivity index (χ2v) is 4.78. The minimum atomic E-state index is -0.457. The molecule has 1 atom stereocenters. The standard InChI is InChI=1S/C16H23O3/c1-4-6-7-14(5-2)12-18-19-16(17)15-10-8-13(3)9-11-15/h8-12,14H,4-7H2,1-3H3. The van der Waals surface area contributed by atoms with E-state index in [9.17, 15) is 4.79 Å². The Kier molecular flexibility index (Phi) is 7.19. The van der Waals surface area contributed by atoms with Crippen LogP contribution in [0.3, 0.4) is 0 Å². The summed E-state index contributed by atoms with van der Waals surface area (Å²) in [5, 5.41) is 0. The van der Waals surface area contributed by atoms with Crippen molar-refractivity contribution in [3.8, 4) is 0 Å². The van der Waals surface area contributed by atoms with Gasteiger partial charge in [0.25, 0.3) is 0 Å². The molecule has 0 aliphatic heterocycles. The summed E-state index contributed by atoms with van der Waals surface area (Å²) in [4.78, 5) is 21.4. The molecule has 0 bridgehead atoms. The summed E-state index contributed by atoms with van der Waals surface area (Å²) in [7, 11) is 0. The lowest BCUT2D eigenvalue weighted by molar-refractivity contribution is -0.219. The van der Waals surface area contributed by atoms with Gasteiger partial charge in [-0.15, -0.1) is 0 Å². The third kappa shape index (κ3) is 5.88. The summed E-state index contributed by atoms with van der Waals surface area (Å²) < 4.78 is 0.